The van der Waals surface area contributed by atoms with Crippen molar-refractivity contribution in [2.24, 2.45) is 5.92 Å². The SMILES string of the molecule is CC(C)(C)[Si](O[C@@H]1C[C@@H]2Oc3c(OCC(=O)O)cccc3O[C@@H]2[C@H]1/C=C/CO)(c1ccccc1)c1ccccc1. The molecule has 8 heteroatoms. The zero-order valence-corrected chi connectivity index (χ0v) is 24.0. The number of benzene rings is 3. The Kier molecular flexibility index (Phi) is 8.03. The van der Waals surface area contributed by atoms with E-state index < -0.39 is 20.9 Å². The van der Waals surface area contributed by atoms with Crippen molar-refractivity contribution in [3.63, 3.8) is 0 Å². The lowest BCUT2D eigenvalue weighted by atomic mass is 10.0. The Hall–Kier alpha value is -3.59. The Bertz CT molecular complexity index is 1300. The molecular formula is C32H36O7Si. The van der Waals surface area contributed by atoms with Gasteiger partial charge in [-0.15, -0.1) is 0 Å². The second kappa shape index (κ2) is 11.5. The molecule has 2 N–H and O–H groups in total. The molecular weight excluding hydrogens is 524 g/mol. The van der Waals surface area contributed by atoms with Crippen LogP contribution in [-0.4, -0.2) is 56.0 Å². The largest absolute Gasteiger partial charge is 0.482 e. The molecule has 1 aliphatic carbocycles. The quantitative estimate of drug-likeness (QED) is 0.300. The van der Waals surface area contributed by atoms with Gasteiger partial charge in [-0.1, -0.05) is 99.7 Å². The third-order valence-corrected chi connectivity index (χ3v) is 12.7. The highest BCUT2D eigenvalue weighted by Crippen LogP contribution is 2.49. The molecule has 40 heavy (non-hydrogen) atoms. The maximum Gasteiger partial charge on any atom is 0.341 e. The third-order valence-electron chi connectivity index (χ3n) is 7.67. The van der Waals surface area contributed by atoms with E-state index in [4.69, 9.17) is 23.7 Å². The second-order valence-electron chi connectivity index (χ2n) is 11.2. The highest BCUT2D eigenvalue weighted by atomic mass is 28.4. The van der Waals surface area contributed by atoms with Gasteiger partial charge in [-0.3, -0.25) is 0 Å². The number of carboxylic acids is 1. The minimum Gasteiger partial charge on any atom is -0.482 e. The predicted molar refractivity (Wildman–Crippen MR) is 155 cm³/mol. The zero-order chi connectivity index (χ0) is 28.3. The molecule has 3 aromatic rings. The van der Waals surface area contributed by atoms with Crippen molar-refractivity contribution in [2.45, 2.75) is 50.5 Å². The van der Waals surface area contributed by atoms with Crippen LogP contribution in [0.3, 0.4) is 0 Å². The van der Waals surface area contributed by atoms with Crippen LogP contribution in [0.25, 0.3) is 0 Å². The van der Waals surface area contributed by atoms with Crippen LogP contribution in [-0.2, 0) is 9.22 Å². The number of aliphatic hydroxyl groups excluding tert-OH is 1. The third kappa shape index (κ3) is 5.26. The van der Waals surface area contributed by atoms with Crippen LogP contribution in [0.1, 0.15) is 27.2 Å². The Labute approximate surface area is 236 Å². The van der Waals surface area contributed by atoms with E-state index in [1.165, 1.54) is 10.4 Å². The number of rotatable bonds is 9. The number of hydrogen-bond donors (Lipinski definition) is 2. The van der Waals surface area contributed by atoms with Crippen LogP contribution in [0, 0.1) is 5.92 Å². The summed E-state index contributed by atoms with van der Waals surface area (Å²) in [6.07, 6.45) is 3.31. The number of carboxylic acid groups (broad SMARTS) is 1. The van der Waals surface area contributed by atoms with Gasteiger partial charge in [0, 0.05) is 12.3 Å². The molecule has 0 saturated heterocycles. The first-order chi connectivity index (χ1) is 19.2. The highest BCUT2D eigenvalue weighted by molar-refractivity contribution is 6.99. The summed E-state index contributed by atoms with van der Waals surface area (Å²) < 4.78 is 26.0. The van der Waals surface area contributed by atoms with E-state index >= 15 is 0 Å². The maximum absolute atomic E-state index is 11.1. The summed E-state index contributed by atoms with van der Waals surface area (Å²) >= 11 is 0. The van der Waals surface area contributed by atoms with Crippen LogP contribution in [0.2, 0.25) is 5.04 Å². The van der Waals surface area contributed by atoms with Crippen molar-refractivity contribution in [1.29, 1.82) is 0 Å². The highest BCUT2D eigenvalue weighted by Gasteiger charge is 2.56. The number of carbonyl (C=O) groups is 1. The zero-order valence-electron chi connectivity index (χ0n) is 23.0. The van der Waals surface area contributed by atoms with E-state index in [0.29, 0.717) is 23.7 Å². The fourth-order valence-electron chi connectivity index (χ4n) is 6.00. The van der Waals surface area contributed by atoms with Crippen LogP contribution in [0.5, 0.6) is 17.2 Å². The standard InChI is InChI=1S/C32H36O7Si/c1-32(2,3)40(22-12-6-4-7-13-22,23-14-8-5-9-15-23)39-27-20-28-30(24(27)16-11-19-33)37-26-18-10-17-25(31(26)38-28)36-21-29(34)35/h4-18,24,27-28,30,33H,19-21H2,1-3H3,(H,34,35)/b16-11+/t24-,27+,28-,30+/m0/s1. The molecule has 2 aliphatic rings. The summed E-state index contributed by atoms with van der Waals surface area (Å²) in [5, 5.41) is 20.9. The van der Waals surface area contributed by atoms with Gasteiger partial charge in [0.25, 0.3) is 8.32 Å². The Morgan fingerprint density at radius 1 is 0.975 bits per heavy atom. The van der Waals surface area contributed by atoms with Gasteiger partial charge in [0.05, 0.1) is 12.7 Å². The first-order valence-corrected chi connectivity index (χ1v) is 15.5. The number of hydrogen-bond acceptors (Lipinski definition) is 6. The minimum atomic E-state index is -2.87. The number of fused-ring (bicyclic) bond motifs is 2. The topological polar surface area (TPSA) is 94.5 Å². The molecule has 1 aliphatic heterocycles. The van der Waals surface area contributed by atoms with Crippen LogP contribution < -0.4 is 24.6 Å². The van der Waals surface area contributed by atoms with Crippen LogP contribution >= 0.6 is 0 Å². The average molecular weight is 561 g/mol. The van der Waals surface area contributed by atoms with Crippen molar-refractivity contribution >= 4 is 24.7 Å². The van der Waals surface area contributed by atoms with Crippen molar-refractivity contribution in [3.05, 3.63) is 91.0 Å². The Morgan fingerprint density at radius 2 is 1.62 bits per heavy atom. The fraction of sp³-hybridized carbons (Fsp3) is 0.344. The first-order valence-electron chi connectivity index (χ1n) is 13.6. The molecule has 210 valence electrons. The summed E-state index contributed by atoms with van der Waals surface area (Å²) in [4.78, 5) is 11.1. The Balaban J connectivity index is 1.55. The maximum atomic E-state index is 11.1. The lowest BCUT2D eigenvalue weighted by Crippen LogP contribution is -2.68. The van der Waals surface area contributed by atoms with Gasteiger partial charge in [-0.05, 0) is 27.5 Å². The molecule has 0 amide bonds. The molecule has 1 heterocycles. The molecule has 0 aromatic heterocycles. The summed E-state index contributed by atoms with van der Waals surface area (Å²) in [7, 11) is -2.87. The van der Waals surface area contributed by atoms with Gasteiger partial charge in [0.1, 0.15) is 12.2 Å². The van der Waals surface area contributed by atoms with Crippen molar-refractivity contribution in [1.82, 2.24) is 0 Å². The molecule has 0 unspecified atom stereocenters. The fourth-order valence-corrected chi connectivity index (χ4v) is 10.7. The average Bonchev–Trinajstić information content (AvgIpc) is 3.28. The molecule has 3 aromatic carbocycles. The first kappa shape index (κ1) is 28.0. The molecule has 0 bridgehead atoms. The molecule has 4 atom stereocenters. The molecule has 0 radical (unpaired) electrons. The second-order valence-corrected chi connectivity index (χ2v) is 15.5. The van der Waals surface area contributed by atoms with E-state index in [1.54, 1.807) is 24.3 Å². The van der Waals surface area contributed by atoms with E-state index in [0.717, 1.165) is 0 Å². The van der Waals surface area contributed by atoms with E-state index in [2.05, 4.69) is 69.3 Å². The smallest absolute Gasteiger partial charge is 0.341 e. The van der Waals surface area contributed by atoms with Gasteiger partial charge >= 0.3 is 5.97 Å². The van der Waals surface area contributed by atoms with Crippen LogP contribution in [0.15, 0.2) is 91.0 Å². The van der Waals surface area contributed by atoms with Crippen molar-refractivity contribution in [3.8, 4) is 17.2 Å². The number of aliphatic hydroxyl groups is 1. The molecule has 0 spiro atoms. The van der Waals surface area contributed by atoms with Gasteiger partial charge in [-0.25, -0.2) is 4.79 Å². The van der Waals surface area contributed by atoms with Crippen molar-refractivity contribution in [2.75, 3.05) is 13.2 Å². The van der Waals surface area contributed by atoms with E-state index in [9.17, 15) is 9.90 Å². The van der Waals surface area contributed by atoms with Gasteiger partial charge < -0.3 is 28.8 Å². The van der Waals surface area contributed by atoms with Gasteiger partial charge in [-0.2, -0.15) is 0 Å². The Morgan fingerprint density at radius 3 is 2.20 bits per heavy atom. The monoisotopic (exact) mass is 560 g/mol. The van der Waals surface area contributed by atoms with Crippen molar-refractivity contribution < 1.29 is 33.6 Å². The molecule has 1 fully saturated rings. The summed E-state index contributed by atoms with van der Waals surface area (Å²) in [6.45, 7) is 6.16. The number of ether oxygens (including phenoxy) is 3. The lowest BCUT2D eigenvalue weighted by Gasteiger charge is -2.45. The number of aliphatic carboxylic acids is 1. The van der Waals surface area contributed by atoms with E-state index in [-0.39, 0.29) is 35.9 Å². The lowest BCUT2D eigenvalue weighted by molar-refractivity contribution is -0.139. The predicted octanol–water partition coefficient (Wildman–Crippen LogP) is 4.17. The van der Waals surface area contributed by atoms with Gasteiger partial charge in [0.15, 0.2) is 18.1 Å². The van der Waals surface area contributed by atoms with E-state index in [1.807, 2.05) is 18.2 Å². The van der Waals surface area contributed by atoms with Crippen LogP contribution in [0.4, 0.5) is 0 Å². The minimum absolute atomic E-state index is 0.0928. The molecule has 5 rings (SSSR count). The molecule has 1 saturated carbocycles. The van der Waals surface area contributed by atoms with Gasteiger partial charge in [0.2, 0.25) is 5.75 Å². The summed E-state index contributed by atoms with van der Waals surface area (Å²) in [6, 6.07) is 26.2. The number of para-hydroxylation sites is 1. The summed E-state index contributed by atoms with van der Waals surface area (Å²) in [5.74, 6) is -0.0210. The molecule has 7 nitrogen and oxygen atoms in total. The normalized spacial score (nSPS) is 22.2. The summed E-state index contributed by atoms with van der Waals surface area (Å²) in [5.41, 5.74) is 0.